The van der Waals surface area contributed by atoms with Crippen molar-refractivity contribution in [2.45, 2.75) is 119 Å². The molecule has 660 valence electrons. The van der Waals surface area contributed by atoms with E-state index in [0.29, 0.717) is 23.7 Å². The molecule has 15 aromatic carbocycles. The maximum Gasteiger partial charge on any atom is 0.180 e. The van der Waals surface area contributed by atoms with Gasteiger partial charge in [0.1, 0.15) is 39.5 Å². The summed E-state index contributed by atoms with van der Waals surface area (Å²) in [6, 6.07) is 124. The lowest BCUT2D eigenvalue weighted by molar-refractivity contribution is 0.649. The van der Waals surface area contributed by atoms with E-state index in [2.05, 4.69) is 277 Å². The van der Waals surface area contributed by atoms with Gasteiger partial charge in [0.15, 0.2) is 17.0 Å². The summed E-state index contributed by atoms with van der Waals surface area (Å²) in [6.45, 7) is 25.8. The van der Waals surface area contributed by atoms with Crippen LogP contribution in [-0.4, -0.2) is 59.8 Å². The fraction of sp³-hybridized carbons (Fsp3) is 0.150. The topological polar surface area (TPSA) is 181 Å². The summed E-state index contributed by atoms with van der Waals surface area (Å²) in [5.41, 5.74) is 27.6. The summed E-state index contributed by atoms with van der Waals surface area (Å²) in [5, 5.41) is 10.6. The highest BCUT2D eigenvalue weighted by molar-refractivity contribution is 7.26. The molecule has 14 nitrogen and oxygen atoms in total. The van der Waals surface area contributed by atoms with E-state index < -0.39 is 0 Å². The van der Waals surface area contributed by atoms with Crippen molar-refractivity contribution in [1.82, 2.24) is 59.8 Å². The van der Waals surface area contributed by atoms with E-state index in [9.17, 15) is 0 Å². The molecule has 0 aliphatic heterocycles. The molecule has 0 fully saturated rings. The molecule has 0 saturated heterocycles. The van der Waals surface area contributed by atoms with Crippen molar-refractivity contribution in [2.75, 3.05) is 0 Å². The van der Waals surface area contributed by atoms with Gasteiger partial charge < -0.3 is 8.83 Å². The molecule has 0 atom stereocenters. The summed E-state index contributed by atoms with van der Waals surface area (Å²) in [7, 11) is 0. The van der Waals surface area contributed by atoms with Crippen LogP contribution in [0, 0.1) is 0 Å². The average Bonchev–Trinajstić information content (AvgIpc) is 1.64. The number of para-hydroxylation sites is 6. The van der Waals surface area contributed by atoms with Gasteiger partial charge in [0.25, 0.3) is 0 Å². The highest BCUT2D eigenvalue weighted by Gasteiger charge is 2.25. The van der Waals surface area contributed by atoms with Gasteiger partial charge in [-0.05, 0) is 117 Å². The van der Waals surface area contributed by atoms with Gasteiger partial charge in [-0.1, -0.05) is 380 Å². The Morgan fingerprint density at radius 2 is 0.615 bits per heavy atom. The number of fused-ring (bicyclic) bond motifs is 16. The number of furan rings is 2. The van der Waals surface area contributed by atoms with E-state index in [1.165, 1.54) is 47.1 Å². The van der Waals surface area contributed by atoms with Gasteiger partial charge >= 0.3 is 0 Å². The summed E-state index contributed by atoms with van der Waals surface area (Å²) in [4.78, 5) is 58.4. The molecular formula is C120H102N12O2S. The van der Waals surface area contributed by atoms with Gasteiger partial charge in [-0.25, -0.2) is 59.8 Å². The zero-order valence-electron chi connectivity index (χ0n) is 77.7. The standard InChI is InChI=1S/3C21H18N2.2C19H16N2O.C19H16N2S/c1-14(2)20-21(23-19-13-6-5-12-18(19)22-20)17-11-7-9-15-8-3-4-10-16(15)17;1-14(2)20-21(23-19-10-6-5-9-18(19)22-20)17-12-11-15-7-3-4-8-16(15)13-17;1-14(2)19-20(16-9-4-3-5-10-16)22-18-13-12-15-8-6-7-11-17(15)21(18)23-19;1-12(2)19-20-16(13-8-4-3-5-9-13)18-17(21-19)14-10-6-7-11-15(14)22-18;1-12(2)16-18-17(14-10-6-7-11-15(14)22-18)21-19(20-16)13-8-4-3-5-9-13;1-12(2)19-20-16(13-8-4-3-5-9-13)18-17(21-19)14-10-6-7-11-15(14)22-18/h3*3-14H,1-2H3;3*3-12H,1-2H3. The molecule has 0 unspecified atom stereocenters. The van der Waals surface area contributed by atoms with Crippen LogP contribution in [0.5, 0.6) is 0 Å². The normalized spacial score (nSPS) is 11.5. The van der Waals surface area contributed by atoms with Crippen LogP contribution in [0.3, 0.4) is 0 Å². The average molecular weight is 1780 g/mol. The number of benzene rings is 15. The monoisotopic (exact) mass is 1770 g/mol. The van der Waals surface area contributed by atoms with Crippen LogP contribution in [0.25, 0.3) is 198 Å². The van der Waals surface area contributed by atoms with E-state index in [1.807, 2.05) is 170 Å². The van der Waals surface area contributed by atoms with Gasteiger partial charge in [-0.15, -0.1) is 11.3 Å². The van der Waals surface area contributed by atoms with Crippen molar-refractivity contribution in [2.24, 2.45) is 0 Å². The zero-order chi connectivity index (χ0) is 92.7. The van der Waals surface area contributed by atoms with Crippen molar-refractivity contribution in [1.29, 1.82) is 0 Å². The zero-order valence-corrected chi connectivity index (χ0v) is 78.5. The van der Waals surface area contributed by atoms with E-state index in [0.717, 1.165) is 185 Å². The van der Waals surface area contributed by atoms with Crippen LogP contribution in [-0.2, 0) is 0 Å². The molecule has 0 saturated carbocycles. The molecule has 0 bridgehead atoms. The van der Waals surface area contributed by atoms with Crippen LogP contribution in [0.4, 0.5) is 0 Å². The first-order valence-corrected chi connectivity index (χ1v) is 47.2. The van der Waals surface area contributed by atoms with Crippen molar-refractivity contribution >= 4 is 141 Å². The molecule has 9 heterocycles. The lowest BCUT2D eigenvalue weighted by Crippen LogP contribution is -2.01. The molecule has 135 heavy (non-hydrogen) atoms. The minimum atomic E-state index is 0.264. The molecule has 24 rings (SSSR count). The van der Waals surface area contributed by atoms with Gasteiger partial charge in [-0.3, -0.25) is 0 Å². The lowest BCUT2D eigenvalue weighted by atomic mass is 9.97. The second-order valence-electron chi connectivity index (χ2n) is 35.6. The van der Waals surface area contributed by atoms with Crippen LogP contribution < -0.4 is 0 Å². The number of hydrogen-bond acceptors (Lipinski definition) is 15. The van der Waals surface area contributed by atoms with E-state index in [-0.39, 0.29) is 11.8 Å². The predicted octanol–water partition coefficient (Wildman–Crippen LogP) is 32.7. The first-order valence-electron chi connectivity index (χ1n) is 46.4. The SMILES string of the molecule is CC(C)c1nc(-c2ccccc2)c2oc3ccccc3c2n1.CC(C)c1nc(-c2ccccc2)c2sc3ccccc3c2n1.CC(C)c1nc(-c2ccccc2)nc2c1oc1ccccc12.CC(C)c1nc2c(ccc3ccccc32)nc1-c1ccccc1.CC(C)c1nc2ccccc2nc1-c1ccc2ccccc2c1.CC(C)c1nc2ccccc2nc1-c1cccc2ccccc12. The van der Waals surface area contributed by atoms with E-state index in [4.69, 9.17) is 68.6 Å². The minimum absolute atomic E-state index is 0.264. The number of thiophene rings is 1. The summed E-state index contributed by atoms with van der Waals surface area (Å²) < 4.78 is 14.5. The van der Waals surface area contributed by atoms with Crippen molar-refractivity contribution < 1.29 is 8.83 Å². The summed E-state index contributed by atoms with van der Waals surface area (Å²) >= 11 is 1.78. The van der Waals surface area contributed by atoms with Gasteiger partial charge in [-0.2, -0.15) is 0 Å². The Kier molecular flexibility index (Phi) is 25.7. The molecule has 0 aliphatic rings. The van der Waals surface area contributed by atoms with Gasteiger partial charge in [0.2, 0.25) is 0 Å². The van der Waals surface area contributed by atoms with Crippen LogP contribution in [0.1, 0.15) is 153 Å². The molecule has 0 aliphatic carbocycles. The van der Waals surface area contributed by atoms with Crippen molar-refractivity contribution in [3.63, 3.8) is 0 Å². The first kappa shape index (κ1) is 88.4. The summed E-state index contributed by atoms with van der Waals surface area (Å²) in [6.07, 6.45) is 0. The second-order valence-corrected chi connectivity index (χ2v) is 36.7. The Morgan fingerprint density at radius 1 is 0.215 bits per heavy atom. The Morgan fingerprint density at radius 3 is 1.19 bits per heavy atom. The molecule has 0 radical (unpaired) electrons. The first-order chi connectivity index (χ1) is 65.9. The number of hydrogen-bond donors (Lipinski definition) is 0. The Hall–Kier alpha value is -15.8. The Bertz CT molecular complexity index is 8220. The Labute approximate surface area is 789 Å². The van der Waals surface area contributed by atoms with Crippen LogP contribution in [0.2, 0.25) is 0 Å². The number of nitrogens with zero attached hydrogens (tertiary/aromatic N) is 12. The second kappa shape index (κ2) is 39.3. The molecular weight excluding hydrogens is 1670 g/mol. The quantitative estimate of drug-likeness (QED) is 0.105. The largest absolute Gasteiger partial charge is 0.452 e. The highest BCUT2D eigenvalue weighted by Crippen LogP contribution is 2.43. The molecule has 0 spiro atoms. The molecule has 0 N–H and O–H groups in total. The van der Waals surface area contributed by atoms with Crippen LogP contribution >= 0.6 is 11.3 Å². The number of rotatable bonds is 12. The van der Waals surface area contributed by atoms with Crippen molar-refractivity contribution in [3.8, 4) is 67.7 Å². The molecule has 15 heteroatoms. The number of aromatic nitrogens is 12. The van der Waals surface area contributed by atoms with Crippen LogP contribution in [0.15, 0.2) is 373 Å². The third kappa shape index (κ3) is 18.7. The highest BCUT2D eigenvalue weighted by atomic mass is 32.1. The fourth-order valence-electron chi connectivity index (χ4n) is 17.1. The maximum absolute atomic E-state index is 6.05. The minimum Gasteiger partial charge on any atom is -0.452 e. The van der Waals surface area contributed by atoms with E-state index >= 15 is 0 Å². The molecule has 0 amide bonds. The van der Waals surface area contributed by atoms with Gasteiger partial charge in [0.05, 0.1) is 88.9 Å². The fourth-order valence-corrected chi connectivity index (χ4v) is 18.2. The van der Waals surface area contributed by atoms with Gasteiger partial charge in [0, 0.05) is 71.5 Å². The Balaban J connectivity index is 0.000000104. The third-order valence-corrected chi connectivity index (χ3v) is 25.1. The lowest BCUT2D eigenvalue weighted by Gasteiger charge is -2.14. The molecule has 24 aromatic rings. The maximum atomic E-state index is 6.05. The molecule has 9 aromatic heterocycles. The predicted molar refractivity (Wildman–Crippen MR) is 562 cm³/mol. The smallest absolute Gasteiger partial charge is 0.180 e. The van der Waals surface area contributed by atoms with E-state index in [1.54, 1.807) is 11.3 Å². The summed E-state index contributed by atoms with van der Waals surface area (Å²) in [5.74, 6) is 4.33. The van der Waals surface area contributed by atoms with Crippen molar-refractivity contribution in [3.05, 3.63) is 398 Å². The third-order valence-electron chi connectivity index (χ3n) is 24.0.